The molecule has 0 amide bonds. The highest BCUT2D eigenvalue weighted by Crippen LogP contribution is 2.60. The second-order valence-electron chi connectivity index (χ2n) is 9.57. The van der Waals surface area contributed by atoms with Gasteiger partial charge in [-0.2, -0.15) is 4.31 Å². The normalized spacial score (nSPS) is 29.8. The Morgan fingerprint density at radius 1 is 1.10 bits per heavy atom. The Bertz CT molecular complexity index is 1070. The standard InChI is InChI=1S/C22H30N4O3S2/c1-3-25(4-2)31(28,29)18-5-6-20-23-24-21(26(20)13-18)30-14-19(27)22-10-15-7-16(11-22)9-17(8-15)12-22/h5-6,13,15-17H,3-4,7-12,14H2,1-2H3. The largest absolute Gasteiger partial charge is 0.298 e. The summed E-state index contributed by atoms with van der Waals surface area (Å²) in [5.41, 5.74) is 0.461. The number of pyridine rings is 1. The lowest BCUT2D eigenvalue weighted by atomic mass is 9.48. The third-order valence-electron chi connectivity index (χ3n) is 7.65. The topological polar surface area (TPSA) is 84.6 Å². The minimum atomic E-state index is -3.57. The van der Waals surface area contributed by atoms with Crippen LogP contribution in [0.1, 0.15) is 52.4 Å². The summed E-state index contributed by atoms with van der Waals surface area (Å²) in [6.45, 7) is 4.49. The molecule has 2 aromatic rings. The predicted molar refractivity (Wildman–Crippen MR) is 119 cm³/mol. The number of nitrogens with zero attached hydrogens (tertiary/aromatic N) is 4. The molecule has 168 valence electrons. The molecular weight excluding hydrogens is 432 g/mol. The van der Waals surface area contributed by atoms with Crippen molar-refractivity contribution >= 4 is 33.2 Å². The van der Waals surface area contributed by atoms with Gasteiger partial charge in [0.15, 0.2) is 10.8 Å². The summed E-state index contributed by atoms with van der Waals surface area (Å²) in [7, 11) is -3.57. The number of aromatic nitrogens is 3. The summed E-state index contributed by atoms with van der Waals surface area (Å²) in [6.07, 6.45) is 8.72. The van der Waals surface area contributed by atoms with Gasteiger partial charge in [-0.15, -0.1) is 10.2 Å². The van der Waals surface area contributed by atoms with Crippen molar-refractivity contribution in [1.29, 1.82) is 0 Å². The number of fused-ring (bicyclic) bond motifs is 1. The molecule has 4 aliphatic carbocycles. The minimum Gasteiger partial charge on any atom is -0.298 e. The fraction of sp³-hybridized carbons (Fsp3) is 0.682. The van der Waals surface area contributed by atoms with Crippen LogP contribution in [0, 0.1) is 23.2 Å². The van der Waals surface area contributed by atoms with E-state index in [4.69, 9.17) is 0 Å². The zero-order valence-electron chi connectivity index (χ0n) is 18.2. The second-order valence-corrected chi connectivity index (χ2v) is 12.5. The zero-order chi connectivity index (χ0) is 21.8. The third kappa shape index (κ3) is 3.62. The van der Waals surface area contributed by atoms with Gasteiger partial charge >= 0.3 is 0 Å². The highest BCUT2D eigenvalue weighted by Gasteiger charge is 2.54. The van der Waals surface area contributed by atoms with Crippen molar-refractivity contribution in [1.82, 2.24) is 18.9 Å². The highest BCUT2D eigenvalue weighted by molar-refractivity contribution is 7.99. The van der Waals surface area contributed by atoms with Crippen LogP contribution in [0.25, 0.3) is 5.65 Å². The number of ketones is 1. The van der Waals surface area contributed by atoms with Crippen LogP contribution >= 0.6 is 11.8 Å². The van der Waals surface area contributed by atoms with Gasteiger partial charge in [-0.25, -0.2) is 8.42 Å². The highest BCUT2D eigenvalue weighted by atomic mass is 32.2. The monoisotopic (exact) mass is 462 g/mol. The van der Waals surface area contributed by atoms with Crippen LogP contribution in [0.5, 0.6) is 0 Å². The van der Waals surface area contributed by atoms with Gasteiger partial charge in [-0.1, -0.05) is 25.6 Å². The van der Waals surface area contributed by atoms with Gasteiger partial charge in [0, 0.05) is 24.7 Å². The van der Waals surface area contributed by atoms with Crippen LogP contribution < -0.4 is 0 Å². The first-order valence-corrected chi connectivity index (χ1v) is 13.8. The van der Waals surface area contributed by atoms with Crippen LogP contribution in [-0.2, 0) is 14.8 Å². The van der Waals surface area contributed by atoms with Crippen LogP contribution in [0.4, 0.5) is 0 Å². The first-order chi connectivity index (χ1) is 14.8. The molecule has 0 unspecified atom stereocenters. The molecule has 0 atom stereocenters. The van der Waals surface area contributed by atoms with E-state index >= 15 is 0 Å². The Hall–Kier alpha value is -1.45. The molecule has 0 spiro atoms. The van der Waals surface area contributed by atoms with Gasteiger partial charge < -0.3 is 0 Å². The van der Waals surface area contributed by atoms with E-state index in [1.165, 1.54) is 35.3 Å². The lowest BCUT2D eigenvalue weighted by molar-refractivity contribution is -0.141. The molecule has 0 N–H and O–H groups in total. The molecule has 2 aromatic heterocycles. The summed E-state index contributed by atoms with van der Waals surface area (Å²) >= 11 is 1.38. The Balaban J connectivity index is 1.36. The maximum Gasteiger partial charge on any atom is 0.244 e. The van der Waals surface area contributed by atoms with Gasteiger partial charge in [-0.05, 0) is 68.4 Å². The first kappa shape index (κ1) is 21.4. The van der Waals surface area contributed by atoms with Gasteiger partial charge in [0.05, 0.1) is 10.6 Å². The molecule has 6 rings (SSSR count). The molecule has 4 saturated carbocycles. The Kier molecular flexibility index (Phi) is 5.42. The Labute approximate surface area is 188 Å². The van der Waals surface area contributed by atoms with E-state index in [2.05, 4.69) is 10.2 Å². The van der Waals surface area contributed by atoms with E-state index in [0.717, 1.165) is 37.0 Å². The summed E-state index contributed by atoms with van der Waals surface area (Å²) < 4.78 is 29.0. The van der Waals surface area contributed by atoms with Gasteiger partial charge in [0.2, 0.25) is 10.0 Å². The molecule has 4 bridgehead atoms. The smallest absolute Gasteiger partial charge is 0.244 e. The van der Waals surface area contributed by atoms with Crippen molar-refractivity contribution in [2.75, 3.05) is 18.8 Å². The van der Waals surface area contributed by atoms with E-state index in [-0.39, 0.29) is 10.3 Å². The molecule has 31 heavy (non-hydrogen) atoms. The Morgan fingerprint density at radius 2 is 1.71 bits per heavy atom. The van der Waals surface area contributed by atoms with Crippen LogP contribution in [0.15, 0.2) is 28.4 Å². The van der Waals surface area contributed by atoms with Crippen molar-refractivity contribution in [3.05, 3.63) is 18.3 Å². The maximum absolute atomic E-state index is 13.3. The predicted octanol–water partition coefficient (Wildman–Crippen LogP) is 3.64. The molecule has 4 aliphatic rings. The van der Waals surface area contributed by atoms with Gasteiger partial charge in [0.25, 0.3) is 0 Å². The number of carbonyl (C=O) groups is 1. The summed E-state index contributed by atoms with van der Waals surface area (Å²) in [5.74, 6) is 2.94. The summed E-state index contributed by atoms with van der Waals surface area (Å²) in [4.78, 5) is 13.6. The molecule has 0 saturated heterocycles. The fourth-order valence-corrected chi connectivity index (χ4v) is 8.96. The number of thioether (sulfide) groups is 1. The number of rotatable bonds is 8. The number of hydrogen-bond acceptors (Lipinski definition) is 6. The lowest BCUT2D eigenvalue weighted by Crippen LogP contribution is -2.50. The molecule has 7 nitrogen and oxygen atoms in total. The zero-order valence-corrected chi connectivity index (χ0v) is 19.8. The average molecular weight is 463 g/mol. The van der Waals surface area contributed by atoms with E-state index in [0.29, 0.717) is 35.4 Å². The van der Waals surface area contributed by atoms with Crippen molar-refractivity contribution in [3.8, 4) is 0 Å². The van der Waals surface area contributed by atoms with Gasteiger partial charge in [0.1, 0.15) is 5.78 Å². The fourth-order valence-electron chi connectivity index (χ4n) is 6.55. The average Bonchev–Trinajstić information content (AvgIpc) is 3.14. The van der Waals surface area contributed by atoms with Crippen LogP contribution in [0.2, 0.25) is 0 Å². The number of sulfonamides is 1. The van der Waals surface area contributed by atoms with Crippen molar-refractivity contribution in [3.63, 3.8) is 0 Å². The summed E-state index contributed by atoms with van der Waals surface area (Å²) in [6, 6.07) is 3.25. The van der Waals surface area contributed by atoms with Crippen molar-refractivity contribution in [2.45, 2.75) is 62.4 Å². The molecule has 2 heterocycles. The number of Topliss-reactive ketones (excluding diaryl/α,β-unsaturated/α-hetero) is 1. The lowest BCUT2D eigenvalue weighted by Gasteiger charge is -2.56. The Morgan fingerprint density at radius 3 is 2.29 bits per heavy atom. The van der Waals surface area contributed by atoms with E-state index in [9.17, 15) is 13.2 Å². The van der Waals surface area contributed by atoms with Gasteiger partial charge in [-0.3, -0.25) is 9.20 Å². The van der Waals surface area contributed by atoms with E-state index in [1.807, 2.05) is 13.8 Å². The van der Waals surface area contributed by atoms with Crippen molar-refractivity contribution < 1.29 is 13.2 Å². The van der Waals surface area contributed by atoms with E-state index < -0.39 is 10.0 Å². The van der Waals surface area contributed by atoms with E-state index in [1.54, 1.807) is 22.7 Å². The maximum atomic E-state index is 13.3. The van der Waals surface area contributed by atoms with Crippen molar-refractivity contribution in [2.24, 2.45) is 23.2 Å². The molecule has 0 radical (unpaired) electrons. The molecule has 0 aliphatic heterocycles. The minimum absolute atomic E-state index is 0.126. The molecular formula is C22H30N4O3S2. The van der Waals surface area contributed by atoms with Crippen LogP contribution in [0.3, 0.4) is 0 Å². The molecule has 4 fully saturated rings. The number of carbonyl (C=O) groups excluding carboxylic acids is 1. The quantitative estimate of drug-likeness (QED) is 0.557. The SMILES string of the molecule is CCN(CC)S(=O)(=O)c1ccc2nnc(SCC(=O)C34CC5CC(CC(C5)C3)C4)n2c1. The first-order valence-electron chi connectivity index (χ1n) is 11.4. The summed E-state index contributed by atoms with van der Waals surface area (Å²) in [5, 5.41) is 8.98. The second kappa shape index (κ2) is 7.85. The molecule has 0 aromatic carbocycles. The number of hydrogen-bond donors (Lipinski definition) is 0. The molecule has 9 heteroatoms. The van der Waals surface area contributed by atoms with Crippen LogP contribution in [-0.4, -0.2) is 51.9 Å². The third-order valence-corrected chi connectivity index (χ3v) is 10.6.